The molecular formula is C16H20N2O4. The quantitative estimate of drug-likeness (QED) is 0.919. The molecule has 118 valence electrons. The number of hydrogen-bond acceptors (Lipinski definition) is 5. The molecule has 6 heteroatoms. The minimum absolute atomic E-state index is 0.221. The molecule has 6 nitrogen and oxygen atoms in total. The van der Waals surface area contributed by atoms with Crippen LogP contribution in [0.4, 0.5) is 0 Å². The van der Waals surface area contributed by atoms with E-state index in [1.807, 2.05) is 19.1 Å². The van der Waals surface area contributed by atoms with Crippen LogP contribution < -0.4 is 14.8 Å². The van der Waals surface area contributed by atoms with Gasteiger partial charge in [0.05, 0.1) is 26.0 Å². The molecular weight excluding hydrogens is 284 g/mol. The highest BCUT2D eigenvalue weighted by atomic mass is 16.5. The average Bonchev–Trinajstić information content (AvgIpc) is 2.85. The van der Waals surface area contributed by atoms with E-state index >= 15 is 0 Å². The van der Waals surface area contributed by atoms with Crippen LogP contribution in [0.2, 0.25) is 0 Å². The summed E-state index contributed by atoms with van der Waals surface area (Å²) in [5.41, 5.74) is 1.91. The normalized spacial score (nSPS) is 11.9. The molecule has 1 atom stereocenters. The largest absolute Gasteiger partial charge is 0.497 e. The third kappa shape index (κ3) is 3.05. The Bertz CT molecular complexity index is 659. The molecule has 22 heavy (non-hydrogen) atoms. The highest BCUT2D eigenvalue weighted by Crippen LogP contribution is 2.29. The highest BCUT2D eigenvalue weighted by molar-refractivity contribution is 5.96. The SMILES string of the molecule is COc1ccc(C(C)NC(=O)c2c(C)noc2C)c(OC)c1. The van der Waals surface area contributed by atoms with Gasteiger partial charge in [-0.1, -0.05) is 5.16 Å². The van der Waals surface area contributed by atoms with Crippen LogP contribution in [0.25, 0.3) is 0 Å². The van der Waals surface area contributed by atoms with Crippen LogP contribution in [0.5, 0.6) is 11.5 Å². The maximum absolute atomic E-state index is 12.4. The molecule has 0 saturated heterocycles. The van der Waals surface area contributed by atoms with Gasteiger partial charge in [-0.25, -0.2) is 0 Å². The number of ether oxygens (including phenoxy) is 2. The fourth-order valence-electron chi connectivity index (χ4n) is 2.33. The molecule has 2 rings (SSSR count). The zero-order chi connectivity index (χ0) is 16.3. The molecule has 0 aliphatic carbocycles. The first-order valence-corrected chi connectivity index (χ1v) is 6.93. The van der Waals surface area contributed by atoms with Crippen molar-refractivity contribution in [2.24, 2.45) is 0 Å². The third-order valence-corrected chi connectivity index (χ3v) is 3.52. The fourth-order valence-corrected chi connectivity index (χ4v) is 2.33. The average molecular weight is 304 g/mol. The van der Waals surface area contributed by atoms with Crippen molar-refractivity contribution in [1.82, 2.24) is 10.5 Å². The topological polar surface area (TPSA) is 73.6 Å². The number of methoxy groups -OCH3 is 2. The molecule has 0 bridgehead atoms. The second-order valence-corrected chi connectivity index (χ2v) is 5.00. The number of carbonyl (C=O) groups excluding carboxylic acids is 1. The monoisotopic (exact) mass is 304 g/mol. The molecule has 1 unspecified atom stereocenters. The molecule has 0 aliphatic rings. The zero-order valence-corrected chi connectivity index (χ0v) is 13.4. The molecule has 0 fully saturated rings. The van der Waals surface area contributed by atoms with Crippen molar-refractivity contribution in [2.45, 2.75) is 26.8 Å². The van der Waals surface area contributed by atoms with Crippen molar-refractivity contribution in [3.05, 3.63) is 40.8 Å². The standard InChI is InChI=1S/C16H20N2O4/c1-9(13-7-6-12(20-4)8-14(13)21-5)17-16(19)15-10(2)18-22-11(15)3/h6-9H,1-5H3,(H,17,19). The van der Waals surface area contributed by atoms with Gasteiger partial charge in [0.15, 0.2) is 0 Å². The number of benzene rings is 1. The molecule has 1 aromatic heterocycles. The van der Waals surface area contributed by atoms with Gasteiger partial charge in [0.1, 0.15) is 22.8 Å². The van der Waals surface area contributed by atoms with E-state index in [0.29, 0.717) is 28.5 Å². The number of carbonyl (C=O) groups is 1. The zero-order valence-electron chi connectivity index (χ0n) is 13.4. The van der Waals surface area contributed by atoms with Crippen molar-refractivity contribution in [3.63, 3.8) is 0 Å². The fraction of sp³-hybridized carbons (Fsp3) is 0.375. The van der Waals surface area contributed by atoms with E-state index in [-0.39, 0.29) is 11.9 Å². The van der Waals surface area contributed by atoms with Crippen LogP contribution in [-0.2, 0) is 0 Å². The van der Waals surface area contributed by atoms with Crippen LogP contribution in [0, 0.1) is 13.8 Å². The summed E-state index contributed by atoms with van der Waals surface area (Å²) in [4.78, 5) is 12.4. The Morgan fingerprint density at radius 3 is 2.55 bits per heavy atom. The molecule has 0 spiro atoms. The Hall–Kier alpha value is -2.50. The van der Waals surface area contributed by atoms with Crippen molar-refractivity contribution in [1.29, 1.82) is 0 Å². The van der Waals surface area contributed by atoms with Gasteiger partial charge in [0.2, 0.25) is 0 Å². The molecule has 2 aromatic rings. The van der Waals surface area contributed by atoms with E-state index in [1.165, 1.54) is 0 Å². The van der Waals surface area contributed by atoms with Crippen LogP contribution >= 0.6 is 0 Å². The Kier molecular flexibility index (Phi) is 4.70. The number of nitrogens with one attached hydrogen (secondary N) is 1. The van der Waals surface area contributed by atoms with E-state index in [2.05, 4.69) is 10.5 Å². The van der Waals surface area contributed by atoms with Gasteiger partial charge < -0.3 is 19.3 Å². The van der Waals surface area contributed by atoms with Gasteiger partial charge in [-0.2, -0.15) is 0 Å². The van der Waals surface area contributed by atoms with E-state index in [9.17, 15) is 4.79 Å². The molecule has 0 radical (unpaired) electrons. The summed E-state index contributed by atoms with van der Waals surface area (Å²) in [5, 5.41) is 6.73. The van der Waals surface area contributed by atoms with E-state index in [0.717, 1.165) is 5.56 Å². The van der Waals surface area contributed by atoms with Crippen LogP contribution in [0.3, 0.4) is 0 Å². The second-order valence-electron chi connectivity index (χ2n) is 5.00. The van der Waals surface area contributed by atoms with Gasteiger partial charge >= 0.3 is 0 Å². The Balaban J connectivity index is 2.22. The van der Waals surface area contributed by atoms with Gasteiger partial charge in [-0.3, -0.25) is 4.79 Å². The first-order valence-electron chi connectivity index (χ1n) is 6.93. The Morgan fingerprint density at radius 1 is 1.27 bits per heavy atom. The summed E-state index contributed by atoms with van der Waals surface area (Å²) >= 11 is 0. The summed E-state index contributed by atoms with van der Waals surface area (Å²) in [5.74, 6) is 1.64. The van der Waals surface area contributed by atoms with Crippen LogP contribution in [-0.4, -0.2) is 25.3 Å². The predicted octanol–water partition coefficient (Wildman–Crippen LogP) is 2.80. The van der Waals surface area contributed by atoms with Crippen molar-refractivity contribution >= 4 is 5.91 Å². The van der Waals surface area contributed by atoms with Gasteiger partial charge in [-0.05, 0) is 32.9 Å². The number of nitrogens with zero attached hydrogens (tertiary/aromatic N) is 1. The number of aryl methyl sites for hydroxylation is 2. The summed E-state index contributed by atoms with van der Waals surface area (Å²) in [6.45, 7) is 5.35. The number of amides is 1. The van der Waals surface area contributed by atoms with Gasteiger partial charge in [-0.15, -0.1) is 0 Å². The lowest BCUT2D eigenvalue weighted by atomic mass is 10.1. The second kappa shape index (κ2) is 6.51. The highest BCUT2D eigenvalue weighted by Gasteiger charge is 2.21. The minimum atomic E-state index is -0.234. The maximum atomic E-state index is 12.4. The van der Waals surface area contributed by atoms with E-state index in [4.69, 9.17) is 14.0 Å². The van der Waals surface area contributed by atoms with Crippen LogP contribution in [0.15, 0.2) is 22.7 Å². The van der Waals surface area contributed by atoms with Crippen LogP contribution in [0.1, 0.15) is 40.3 Å². The minimum Gasteiger partial charge on any atom is -0.497 e. The first kappa shape index (κ1) is 15.9. The van der Waals surface area contributed by atoms with Crippen molar-refractivity contribution in [2.75, 3.05) is 14.2 Å². The lowest BCUT2D eigenvalue weighted by molar-refractivity contribution is 0.0937. The summed E-state index contributed by atoms with van der Waals surface area (Å²) < 4.78 is 15.6. The first-order chi connectivity index (χ1) is 10.5. The Morgan fingerprint density at radius 2 is 2.00 bits per heavy atom. The molecule has 1 aromatic carbocycles. The van der Waals surface area contributed by atoms with Gasteiger partial charge in [0, 0.05) is 11.6 Å². The molecule has 1 heterocycles. The molecule has 0 saturated carbocycles. The molecule has 0 aliphatic heterocycles. The molecule has 1 N–H and O–H groups in total. The number of rotatable bonds is 5. The smallest absolute Gasteiger partial charge is 0.257 e. The van der Waals surface area contributed by atoms with E-state index < -0.39 is 0 Å². The van der Waals surface area contributed by atoms with Crippen molar-refractivity contribution in [3.8, 4) is 11.5 Å². The number of hydrogen-bond donors (Lipinski definition) is 1. The lowest BCUT2D eigenvalue weighted by Crippen LogP contribution is -2.27. The summed E-state index contributed by atoms with van der Waals surface area (Å²) in [6, 6.07) is 5.25. The predicted molar refractivity (Wildman–Crippen MR) is 81.4 cm³/mol. The summed E-state index contributed by atoms with van der Waals surface area (Å²) in [6.07, 6.45) is 0. The third-order valence-electron chi connectivity index (χ3n) is 3.52. The lowest BCUT2D eigenvalue weighted by Gasteiger charge is -2.18. The maximum Gasteiger partial charge on any atom is 0.257 e. The van der Waals surface area contributed by atoms with E-state index in [1.54, 1.807) is 34.1 Å². The Labute approximate surface area is 129 Å². The summed E-state index contributed by atoms with van der Waals surface area (Å²) in [7, 11) is 3.18. The van der Waals surface area contributed by atoms with Crippen molar-refractivity contribution < 1.29 is 18.8 Å². The molecule has 1 amide bonds. The van der Waals surface area contributed by atoms with Gasteiger partial charge in [0.25, 0.3) is 5.91 Å². The number of aromatic nitrogens is 1.